The number of hydrogen-bond acceptors (Lipinski definition) is 3. The van der Waals surface area contributed by atoms with Gasteiger partial charge in [-0.3, -0.25) is 11.3 Å². The van der Waals surface area contributed by atoms with Crippen LogP contribution in [0.5, 0.6) is 0 Å². The van der Waals surface area contributed by atoms with E-state index in [4.69, 9.17) is 10.3 Å². The Hall–Kier alpha value is -0.800. The van der Waals surface area contributed by atoms with E-state index in [2.05, 4.69) is 19.3 Å². The normalized spacial score (nSPS) is 13.1. The molecular weight excluding hydrogens is 188 g/mol. The van der Waals surface area contributed by atoms with Crippen molar-refractivity contribution in [2.45, 2.75) is 53.0 Å². The fourth-order valence-corrected chi connectivity index (χ4v) is 2.04. The summed E-state index contributed by atoms with van der Waals surface area (Å²) in [5.41, 5.74) is 5.36. The van der Waals surface area contributed by atoms with E-state index in [1.807, 2.05) is 13.8 Å². The Morgan fingerprint density at radius 3 is 2.33 bits per heavy atom. The summed E-state index contributed by atoms with van der Waals surface area (Å²) in [4.78, 5) is 0. The quantitative estimate of drug-likeness (QED) is 0.580. The number of aryl methyl sites for hydroxylation is 2. The first-order chi connectivity index (χ1) is 7.11. The van der Waals surface area contributed by atoms with E-state index in [1.165, 1.54) is 24.0 Å². The maximum Gasteiger partial charge on any atom is 0.106 e. The number of hydrazine groups is 1. The van der Waals surface area contributed by atoms with Crippen LogP contribution in [0, 0.1) is 20.8 Å². The molecule has 1 unspecified atom stereocenters. The molecular formula is C12H22N2O. The second-order valence-corrected chi connectivity index (χ2v) is 4.11. The molecule has 0 saturated heterocycles. The molecule has 0 radical (unpaired) electrons. The molecule has 1 aromatic rings. The van der Waals surface area contributed by atoms with Crippen LogP contribution in [-0.2, 0) is 0 Å². The summed E-state index contributed by atoms with van der Waals surface area (Å²) < 4.78 is 5.61. The third kappa shape index (κ3) is 2.61. The lowest BCUT2D eigenvalue weighted by molar-refractivity contribution is 0.465. The minimum atomic E-state index is 0.224. The molecule has 3 N–H and O–H groups in total. The second kappa shape index (κ2) is 5.33. The summed E-state index contributed by atoms with van der Waals surface area (Å²) in [6.45, 7) is 8.29. The van der Waals surface area contributed by atoms with Gasteiger partial charge in [0.05, 0.1) is 0 Å². The highest BCUT2D eigenvalue weighted by atomic mass is 16.3. The van der Waals surface area contributed by atoms with E-state index in [0.717, 1.165) is 17.9 Å². The molecule has 1 rings (SSSR count). The minimum absolute atomic E-state index is 0.224. The largest absolute Gasteiger partial charge is 0.466 e. The lowest BCUT2D eigenvalue weighted by Crippen LogP contribution is -2.28. The molecule has 1 atom stereocenters. The number of rotatable bonds is 5. The Morgan fingerprint density at radius 1 is 1.27 bits per heavy atom. The van der Waals surface area contributed by atoms with Gasteiger partial charge in [0.1, 0.15) is 11.5 Å². The maximum atomic E-state index is 5.61. The summed E-state index contributed by atoms with van der Waals surface area (Å²) in [5, 5.41) is 0. The molecule has 0 fully saturated rings. The predicted molar refractivity (Wildman–Crippen MR) is 62.5 cm³/mol. The van der Waals surface area contributed by atoms with Gasteiger partial charge in [0.15, 0.2) is 0 Å². The Balaban J connectivity index is 2.90. The van der Waals surface area contributed by atoms with Gasteiger partial charge in [-0.05, 0) is 32.8 Å². The van der Waals surface area contributed by atoms with Crippen LogP contribution < -0.4 is 11.3 Å². The van der Waals surface area contributed by atoms with Crippen molar-refractivity contribution in [2.24, 2.45) is 5.84 Å². The van der Waals surface area contributed by atoms with Crippen LogP contribution >= 0.6 is 0 Å². The van der Waals surface area contributed by atoms with Crippen LogP contribution in [0.4, 0.5) is 0 Å². The molecule has 0 bridgehead atoms. The topological polar surface area (TPSA) is 51.2 Å². The van der Waals surface area contributed by atoms with Gasteiger partial charge in [0, 0.05) is 11.6 Å². The minimum Gasteiger partial charge on any atom is -0.466 e. The van der Waals surface area contributed by atoms with Crippen LogP contribution in [0.2, 0.25) is 0 Å². The average molecular weight is 210 g/mol. The molecule has 0 aliphatic rings. The first-order valence-electron chi connectivity index (χ1n) is 5.64. The van der Waals surface area contributed by atoms with Gasteiger partial charge in [-0.15, -0.1) is 0 Å². The SMILES string of the molecule is CCCCC(NN)c1c(C)oc(C)c1C. The fourth-order valence-electron chi connectivity index (χ4n) is 2.04. The van der Waals surface area contributed by atoms with Gasteiger partial charge in [0.2, 0.25) is 0 Å². The monoisotopic (exact) mass is 210 g/mol. The third-order valence-corrected chi connectivity index (χ3v) is 3.01. The van der Waals surface area contributed by atoms with Crippen molar-refractivity contribution in [3.05, 3.63) is 22.6 Å². The molecule has 0 aromatic carbocycles. The van der Waals surface area contributed by atoms with Crippen molar-refractivity contribution < 1.29 is 4.42 Å². The molecule has 3 heteroatoms. The van der Waals surface area contributed by atoms with Crippen molar-refractivity contribution in [3.63, 3.8) is 0 Å². The van der Waals surface area contributed by atoms with Crippen LogP contribution in [0.3, 0.4) is 0 Å². The zero-order valence-corrected chi connectivity index (χ0v) is 10.2. The standard InChI is InChI=1S/C12H22N2O/c1-5-6-7-11(14-13)12-8(2)9(3)15-10(12)4/h11,14H,5-7,13H2,1-4H3. The van der Waals surface area contributed by atoms with Gasteiger partial charge < -0.3 is 4.42 Å². The van der Waals surface area contributed by atoms with Gasteiger partial charge in [-0.2, -0.15) is 0 Å². The van der Waals surface area contributed by atoms with E-state index in [0.29, 0.717) is 0 Å². The summed E-state index contributed by atoms with van der Waals surface area (Å²) in [7, 11) is 0. The highest BCUT2D eigenvalue weighted by Gasteiger charge is 2.19. The molecule has 1 heterocycles. The number of nitrogens with two attached hydrogens (primary N) is 1. The van der Waals surface area contributed by atoms with E-state index >= 15 is 0 Å². The first kappa shape index (κ1) is 12.3. The molecule has 3 nitrogen and oxygen atoms in total. The molecule has 86 valence electrons. The van der Waals surface area contributed by atoms with Crippen molar-refractivity contribution in [2.75, 3.05) is 0 Å². The number of unbranched alkanes of at least 4 members (excludes halogenated alkanes) is 1. The lowest BCUT2D eigenvalue weighted by Gasteiger charge is -2.16. The Labute approximate surface area is 92.0 Å². The molecule has 0 spiro atoms. The van der Waals surface area contributed by atoms with Crippen LogP contribution in [0.15, 0.2) is 4.42 Å². The zero-order valence-electron chi connectivity index (χ0n) is 10.2. The highest BCUT2D eigenvalue weighted by Crippen LogP contribution is 2.29. The second-order valence-electron chi connectivity index (χ2n) is 4.11. The molecule has 0 aliphatic heterocycles. The maximum absolute atomic E-state index is 5.61. The van der Waals surface area contributed by atoms with E-state index in [-0.39, 0.29) is 6.04 Å². The average Bonchev–Trinajstić information content (AvgIpc) is 2.45. The predicted octanol–water partition coefficient (Wildman–Crippen LogP) is 2.90. The van der Waals surface area contributed by atoms with Gasteiger partial charge >= 0.3 is 0 Å². The number of hydrogen-bond donors (Lipinski definition) is 2. The van der Waals surface area contributed by atoms with Gasteiger partial charge in [-0.25, -0.2) is 0 Å². The lowest BCUT2D eigenvalue weighted by atomic mass is 9.98. The third-order valence-electron chi connectivity index (χ3n) is 3.01. The molecule has 0 amide bonds. The molecule has 0 aliphatic carbocycles. The van der Waals surface area contributed by atoms with Gasteiger partial charge in [0.25, 0.3) is 0 Å². The fraction of sp³-hybridized carbons (Fsp3) is 0.667. The Kier molecular flexibility index (Phi) is 4.36. The molecule has 1 aromatic heterocycles. The van der Waals surface area contributed by atoms with Gasteiger partial charge in [-0.1, -0.05) is 19.8 Å². The Morgan fingerprint density at radius 2 is 1.93 bits per heavy atom. The smallest absolute Gasteiger partial charge is 0.106 e. The van der Waals surface area contributed by atoms with Crippen LogP contribution in [0.1, 0.15) is 54.9 Å². The van der Waals surface area contributed by atoms with E-state index in [1.54, 1.807) is 0 Å². The van der Waals surface area contributed by atoms with Crippen molar-refractivity contribution in [3.8, 4) is 0 Å². The van der Waals surface area contributed by atoms with Crippen molar-refractivity contribution in [1.82, 2.24) is 5.43 Å². The summed E-state index contributed by atoms with van der Waals surface area (Å²) in [6, 6.07) is 0.224. The molecule has 15 heavy (non-hydrogen) atoms. The van der Waals surface area contributed by atoms with Crippen LogP contribution in [-0.4, -0.2) is 0 Å². The first-order valence-corrected chi connectivity index (χ1v) is 5.64. The summed E-state index contributed by atoms with van der Waals surface area (Å²) >= 11 is 0. The molecule has 0 saturated carbocycles. The summed E-state index contributed by atoms with van der Waals surface area (Å²) in [6.07, 6.45) is 3.43. The van der Waals surface area contributed by atoms with E-state index in [9.17, 15) is 0 Å². The zero-order chi connectivity index (χ0) is 11.4. The van der Waals surface area contributed by atoms with E-state index < -0.39 is 0 Å². The van der Waals surface area contributed by atoms with Crippen molar-refractivity contribution in [1.29, 1.82) is 0 Å². The number of nitrogens with one attached hydrogen (secondary N) is 1. The van der Waals surface area contributed by atoms with Crippen LogP contribution in [0.25, 0.3) is 0 Å². The van der Waals surface area contributed by atoms with Crippen molar-refractivity contribution >= 4 is 0 Å². The summed E-state index contributed by atoms with van der Waals surface area (Å²) in [5.74, 6) is 7.59. The highest BCUT2D eigenvalue weighted by molar-refractivity contribution is 5.34. The Bertz CT molecular complexity index is 318. The number of furan rings is 1.